The van der Waals surface area contributed by atoms with E-state index in [9.17, 15) is 18.0 Å². The Morgan fingerprint density at radius 3 is 2.29 bits per heavy atom. The second kappa shape index (κ2) is 6.04. The summed E-state index contributed by atoms with van der Waals surface area (Å²) in [5, 5.41) is 2.78. The first-order valence-corrected chi connectivity index (χ1v) is 8.46. The van der Waals surface area contributed by atoms with Gasteiger partial charge in [-0.2, -0.15) is 13.2 Å². The molecule has 0 atom stereocenters. The second-order valence-electron chi connectivity index (χ2n) is 5.35. The molecule has 7 heteroatoms. The van der Waals surface area contributed by atoms with Crippen LogP contribution in [0.15, 0.2) is 39.3 Å². The van der Waals surface area contributed by atoms with Gasteiger partial charge in [-0.3, -0.25) is 4.79 Å². The van der Waals surface area contributed by atoms with Gasteiger partial charge in [0.05, 0.1) is 11.3 Å². The Kier molecular flexibility index (Phi) is 4.34. The van der Waals surface area contributed by atoms with Crippen LogP contribution in [0.1, 0.15) is 22.3 Å². The lowest BCUT2D eigenvalue weighted by molar-refractivity contribution is -0.137. The van der Waals surface area contributed by atoms with Gasteiger partial charge >= 0.3 is 6.18 Å². The lowest BCUT2D eigenvalue weighted by Gasteiger charge is -2.09. The first-order valence-electron chi connectivity index (χ1n) is 6.88. The fourth-order valence-corrected chi connectivity index (χ4v) is 3.80. The van der Waals surface area contributed by atoms with Gasteiger partial charge in [0.1, 0.15) is 0 Å². The predicted molar refractivity (Wildman–Crippen MR) is 94.5 cm³/mol. The van der Waals surface area contributed by atoms with E-state index in [0.29, 0.717) is 16.8 Å². The number of nitrogens with one attached hydrogen (secondary N) is 1. The summed E-state index contributed by atoms with van der Waals surface area (Å²) >= 11 is 6.85. The molecule has 0 fully saturated rings. The highest BCUT2D eigenvalue weighted by Crippen LogP contribution is 2.43. The van der Waals surface area contributed by atoms with Crippen molar-refractivity contribution in [2.75, 3.05) is 5.32 Å². The quantitative estimate of drug-likeness (QED) is 0.517. The maximum atomic E-state index is 12.6. The van der Waals surface area contributed by atoms with Crippen LogP contribution in [-0.4, -0.2) is 5.91 Å². The molecule has 124 valence electrons. The summed E-state index contributed by atoms with van der Waals surface area (Å²) < 4.78 is 39.5. The summed E-state index contributed by atoms with van der Waals surface area (Å²) in [6.07, 6.45) is -2.79. The van der Waals surface area contributed by atoms with Gasteiger partial charge in [0.25, 0.3) is 5.91 Å². The van der Waals surface area contributed by atoms with Crippen LogP contribution in [0.3, 0.4) is 0 Å². The Morgan fingerprint density at radius 1 is 1.08 bits per heavy atom. The van der Waals surface area contributed by atoms with Gasteiger partial charge in [0.15, 0.2) is 0 Å². The molecule has 0 spiro atoms. The monoisotopic (exact) mass is 459 g/mol. The molecular formula is C17H10Br2F3NO. The number of carbonyl (C=O) groups is 1. The summed E-state index contributed by atoms with van der Waals surface area (Å²) in [6.45, 7) is 1.87. The maximum Gasteiger partial charge on any atom is 0.416 e. The van der Waals surface area contributed by atoms with Crippen LogP contribution < -0.4 is 5.32 Å². The van der Waals surface area contributed by atoms with E-state index >= 15 is 0 Å². The van der Waals surface area contributed by atoms with Crippen molar-refractivity contribution in [1.82, 2.24) is 0 Å². The number of alkyl halides is 3. The molecule has 2 aromatic carbocycles. The number of carbonyl (C=O) groups excluding carboxylic acids is 1. The largest absolute Gasteiger partial charge is 0.416 e. The van der Waals surface area contributed by atoms with E-state index in [2.05, 4.69) is 37.2 Å². The normalized spacial score (nSPS) is 15.6. The molecule has 1 N–H and O–H groups in total. The first-order chi connectivity index (χ1) is 11.2. The summed E-state index contributed by atoms with van der Waals surface area (Å²) in [5.41, 5.74) is 2.51. The first kappa shape index (κ1) is 17.2. The smallest absolute Gasteiger partial charge is 0.320 e. The van der Waals surface area contributed by atoms with Gasteiger partial charge in [-0.1, -0.05) is 28.1 Å². The highest BCUT2D eigenvalue weighted by molar-refractivity contribution is 9.11. The number of rotatable bonds is 1. The number of hydrogen-bond acceptors (Lipinski definition) is 1. The Balaban J connectivity index is 2.09. The lowest BCUT2D eigenvalue weighted by Crippen LogP contribution is -2.05. The Hall–Kier alpha value is -1.60. The van der Waals surface area contributed by atoms with Crippen molar-refractivity contribution in [3.05, 3.63) is 61.5 Å². The SMILES string of the molecule is Cc1c(Br)cc(Br)c2c1C(=Cc1ccc(C(F)(F)F)cc1)C(=O)N2. The molecule has 1 amide bonds. The van der Waals surface area contributed by atoms with Crippen LogP contribution in [-0.2, 0) is 11.0 Å². The number of amides is 1. The van der Waals surface area contributed by atoms with E-state index in [-0.39, 0.29) is 5.91 Å². The zero-order valence-corrected chi connectivity index (χ0v) is 15.4. The predicted octanol–water partition coefficient (Wildman–Crippen LogP) is 6.03. The molecule has 2 nitrogen and oxygen atoms in total. The molecule has 0 aliphatic carbocycles. The number of fused-ring (bicyclic) bond motifs is 1. The molecule has 1 aliphatic heterocycles. The molecule has 1 aliphatic rings. The third-order valence-corrected chi connectivity index (χ3v) is 5.23. The Morgan fingerprint density at radius 2 is 1.71 bits per heavy atom. The van der Waals surface area contributed by atoms with E-state index in [4.69, 9.17) is 0 Å². The highest BCUT2D eigenvalue weighted by Gasteiger charge is 2.31. The molecule has 0 aromatic heterocycles. The molecule has 1 heterocycles. The third kappa shape index (κ3) is 3.02. The minimum atomic E-state index is -4.38. The Bertz CT molecular complexity index is 871. The van der Waals surface area contributed by atoms with Crippen LogP contribution in [0.2, 0.25) is 0 Å². The highest BCUT2D eigenvalue weighted by atomic mass is 79.9. The summed E-state index contributed by atoms with van der Waals surface area (Å²) in [6, 6.07) is 6.55. The van der Waals surface area contributed by atoms with Crippen molar-refractivity contribution in [3.8, 4) is 0 Å². The molecular weight excluding hydrogens is 451 g/mol. The van der Waals surface area contributed by atoms with E-state index in [0.717, 1.165) is 32.2 Å². The van der Waals surface area contributed by atoms with Crippen molar-refractivity contribution >= 4 is 55.1 Å². The van der Waals surface area contributed by atoms with E-state index in [1.54, 1.807) is 6.08 Å². The van der Waals surface area contributed by atoms with Crippen molar-refractivity contribution in [1.29, 1.82) is 0 Å². The molecule has 0 saturated heterocycles. The topological polar surface area (TPSA) is 29.1 Å². The van der Waals surface area contributed by atoms with Gasteiger partial charge in [0, 0.05) is 20.1 Å². The van der Waals surface area contributed by atoms with Crippen molar-refractivity contribution in [3.63, 3.8) is 0 Å². The molecule has 0 bridgehead atoms. The van der Waals surface area contributed by atoms with Crippen LogP contribution in [0.4, 0.5) is 18.9 Å². The molecule has 0 saturated carbocycles. The summed E-state index contributed by atoms with van der Waals surface area (Å²) in [7, 11) is 0. The van der Waals surface area contributed by atoms with Crippen molar-refractivity contribution in [2.45, 2.75) is 13.1 Å². The minimum absolute atomic E-state index is 0.285. The molecule has 0 radical (unpaired) electrons. The zero-order valence-electron chi connectivity index (χ0n) is 12.3. The van der Waals surface area contributed by atoms with Crippen molar-refractivity contribution in [2.24, 2.45) is 0 Å². The number of halogens is 5. The third-order valence-electron chi connectivity index (χ3n) is 3.78. The summed E-state index contributed by atoms with van der Waals surface area (Å²) in [5.74, 6) is -0.285. The fourth-order valence-electron chi connectivity index (χ4n) is 2.54. The van der Waals surface area contributed by atoms with Gasteiger partial charge in [-0.15, -0.1) is 0 Å². The van der Waals surface area contributed by atoms with Gasteiger partial charge in [-0.05, 0) is 58.3 Å². The number of hydrogen-bond donors (Lipinski definition) is 1. The molecule has 0 unspecified atom stereocenters. The van der Waals surface area contributed by atoms with Gasteiger partial charge < -0.3 is 5.32 Å². The van der Waals surface area contributed by atoms with E-state index in [1.807, 2.05) is 13.0 Å². The second-order valence-corrected chi connectivity index (χ2v) is 7.06. The van der Waals surface area contributed by atoms with E-state index in [1.165, 1.54) is 12.1 Å². The summed E-state index contributed by atoms with van der Waals surface area (Å²) in [4.78, 5) is 12.3. The fraction of sp³-hybridized carbons (Fsp3) is 0.118. The van der Waals surface area contributed by atoms with E-state index < -0.39 is 11.7 Å². The number of anilines is 1. The molecule has 24 heavy (non-hydrogen) atoms. The Labute approximate surface area is 153 Å². The van der Waals surface area contributed by atoms with Crippen LogP contribution in [0, 0.1) is 6.92 Å². The minimum Gasteiger partial charge on any atom is -0.320 e. The molecule has 3 rings (SSSR count). The maximum absolute atomic E-state index is 12.6. The van der Waals surface area contributed by atoms with Crippen LogP contribution in [0.25, 0.3) is 11.6 Å². The van der Waals surface area contributed by atoms with Crippen molar-refractivity contribution < 1.29 is 18.0 Å². The average molecular weight is 461 g/mol. The van der Waals surface area contributed by atoms with Gasteiger partial charge in [0.2, 0.25) is 0 Å². The average Bonchev–Trinajstić information content (AvgIpc) is 2.82. The van der Waals surface area contributed by atoms with Gasteiger partial charge in [-0.25, -0.2) is 0 Å². The molecule has 2 aromatic rings. The van der Waals surface area contributed by atoms with Crippen LogP contribution >= 0.6 is 31.9 Å². The number of benzene rings is 2. The zero-order chi connectivity index (χ0) is 17.6. The standard InChI is InChI=1S/C17H10Br2F3NO/c1-8-12(18)7-13(19)15-14(8)11(16(24)23-15)6-9-2-4-10(5-3-9)17(20,21)22/h2-7H,1H3,(H,23,24). The lowest BCUT2D eigenvalue weighted by atomic mass is 9.99. The van der Waals surface area contributed by atoms with Crippen LogP contribution in [0.5, 0.6) is 0 Å².